The summed E-state index contributed by atoms with van der Waals surface area (Å²) in [7, 11) is 0. The second-order valence-electron chi connectivity index (χ2n) is 4.38. The van der Waals surface area contributed by atoms with Gasteiger partial charge in [-0.25, -0.2) is 4.79 Å². The molecular formula is C15H19NO5. The number of esters is 1. The molecule has 0 saturated heterocycles. The molecule has 0 unspecified atom stereocenters. The predicted molar refractivity (Wildman–Crippen MR) is 75.5 cm³/mol. The first-order valence-corrected chi connectivity index (χ1v) is 6.66. The van der Waals surface area contributed by atoms with Gasteiger partial charge in [-0.2, -0.15) is 0 Å². The maximum absolute atomic E-state index is 11.6. The molecule has 21 heavy (non-hydrogen) atoms. The van der Waals surface area contributed by atoms with Gasteiger partial charge >= 0.3 is 12.1 Å². The number of rotatable bonds is 7. The van der Waals surface area contributed by atoms with Gasteiger partial charge in [-0.05, 0) is 19.4 Å². The van der Waals surface area contributed by atoms with Gasteiger partial charge in [0.2, 0.25) is 0 Å². The Hall–Kier alpha value is -2.37. The van der Waals surface area contributed by atoms with E-state index in [1.807, 2.05) is 30.3 Å². The van der Waals surface area contributed by atoms with Crippen LogP contribution in [-0.4, -0.2) is 30.5 Å². The fourth-order valence-corrected chi connectivity index (χ4v) is 1.59. The minimum Gasteiger partial charge on any atom is -0.466 e. The maximum Gasteiger partial charge on any atom is 0.408 e. The number of carbonyl (C=O) groups is 3. The molecule has 0 aromatic heterocycles. The summed E-state index contributed by atoms with van der Waals surface area (Å²) in [5.41, 5.74) is 0.831. The van der Waals surface area contributed by atoms with Crippen molar-refractivity contribution in [2.75, 3.05) is 6.61 Å². The van der Waals surface area contributed by atoms with Crippen molar-refractivity contribution in [2.24, 2.45) is 0 Å². The molecule has 6 nitrogen and oxygen atoms in total. The first-order chi connectivity index (χ1) is 10.0. The summed E-state index contributed by atoms with van der Waals surface area (Å²) in [5, 5.41) is 2.36. The van der Waals surface area contributed by atoms with Gasteiger partial charge in [-0.1, -0.05) is 30.3 Å². The number of nitrogens with one attached hydrogen (secondary N) is 1. The molecule has 0 aliphatic carbocycles. The topological polar surface area (TPSA) is 81.7 Å². The lowest BCUT2D eigenvalue weighted by molar-refractivity contribution is -0.144. The van der Waals surface area contributed by atoms with E-state index in [4.69, 9.17) is 9.47 Å². The zero-order valence-corrected chi connectivity index (χ0v) is 12.1. The minimum atomic E-state index is -0.938. The van der Waals surface area contributed by atoms with Crippen LogP contribution in [0.5, 0.6) is 0 Å². The Kier molecular flexibility index (Phi) is 6.94. The zero-order valence-electron chi connectivity index (χ0n) is 12.1. The Balaban J connectivity index is 2.45. The number of Topliss-reactive ketones (excluding diaryl/α,β-unsaturated/α-hetero) is 1. The van der Waals surface area contributed by atoms with Crippen LogP contribution < -0.4 is 5.32 Å². The first-order valence-electron chi connectivity index (χ1n) is 6.66. The van der Waals surface area contributed by atoms with E-state index in [0.717, 1.165) is 5.56 Å². The number of ketones is 1. The molecule has 0 fully saturated rings. The van der Waals surface area contributed by atoms with Crippen molar-refractivity contribution in [1.82, 2.24) is 5.32 Å². The van der Waals surface area contributed by atoms with Crippen LogP contribution >= 0.6 is 0 Å². The third-order valence-corrected chi connectivity index (χ3v) is 2.67. The van der Waals surface area contributed by atoms with E-state index in [1.165, 1.54) is 6.92 Å². The van der Waals surface area contributed by atoms with E-state index in [2.05, 4.69) is 5.32 Å². The standard InChI is InChI=1S/C15H19NO5/c1-3-20-14(18)9-13(11(2)17)16-15(19)21-10-12-7-5-4-6-8-12/h4-8,13H,3,9-10H2,1-2H3,(H,16,19)/t13-/m0/s1. The summed E-state index contributed by atoms with van der Waals surface area (Å²) in [4.78, 5) is 34.4. The number of ether oxygens (including phenoxy) is 2. The molecule has 0 saturated carbocycles. The average Bonchev–Trinajstić information content (AvgIpc) is 2.45. The highest BCUT2D eigenvalue weighted by Gasteiger charge is 2.22. The van der Waals surface area contributed by atoms with Crippen LogP contribution in [0.4, 0.5) is 4.79 Å². The molecule has 0 aliphatic heterocycles. The van der Waals surface area contributed by atoms with Crippen molar-refractivity contribution in [2.45, 2.75) is 32.9 Å². The van der Waals surface area contributed by atoms with Crippen molar-refractivity contribution in [1.29, 1.82) is 0 Å². The van der Waals surface area contributed by atoms with Crippen molar-refractivity contribution in [3.63, 3.8) is 0 Å². The van der Waals surface area contributed by atoms with Gasteiger partial charge in [-0.15, -0.1) is 0 Å². The third kappa shape index (κ3) is 6.56. The largest absolute Gasteiger partial charge is 0.466 e. The number of carbonyl (C=O) groups excluding carboxylic acids is 3. The van der Waals surface area contributed by atoms with E-state index in [0.29, 0.717) is 0 Å². The normalized spacial score (nSPS) is 11.3. The van der Waals surface area contributed by atoms with E-state index < -0.39 is 18.1 Å². The average molecular weight is 293 g/mol. The van der Waals surface area contributed by atoms with Gasteiger partial charge < -0.3 is 14.8 Å². The molecule has 0 bridgehead atoms. The quantitative estimate of drug-likeness (QED) is 0.775. The highest BCUT2D eigenvalue weighted by atomic mass is 16.5. The van der Waals surface area contributed by atoms with Gasteiger partial charge in [0, 0.05) is 0 Å². The Morgan fingerprint density at radius 1 is 1.14 bits per heavy atom. The Labute approximate surface area is 123 Å². The fraction of sp³-hybridized carbons (Fsp3) is 0.400. The van der Waals surface area contributed by atoms with Crippen LogP contribution in [0, 0.1) is 0 Å². The van der Waals surface area contributed by atoms with Gasteiger partial charge in [-0.3, -0.25) is 9.59 Å². The molecular weight excluding hydrogens is 274 g/mol. The van der Waals surface area contributed by atoms with Crippen molar-refractivity contribution in [3.05, 3.63) is 35.9 Å². The predicted octanol–water partition coefficient (Wildman–Crippen LogP) is 1.82. The van der Waals surface area contributed by atoms with Crippen LogP contribution in [0.2, 0.25) is 0 Å². The molecule has 1 aromatic carbocycles. The Morgan fingerprint density at radius 2 is 1.81 bits per heavy atom. The van der Waals surface area contributed by atoms with E-state index in [1.54, 1.807) is 6.92 Å². The summed E-state index contributed by atoms with van der Waals surface area (Å²) in [6, 6.07) is 8.20. The van der Waals surface area contributed by atoms with Gasteiger partial charge in [0.15, 0.2) is 5.78 Å². The SMILES string of the molecule is CCOC(=O)C[C@H](NC(=O)OCc1ccccc1)C(C)=O. The van der Waals surface area contributed by atoms with E-state index in [-0.39, 0.29) is 25.4 Å². The lowest BCUT2D eigenvalue weighted by Gasteiger charge is -2.15. The van der Waals surface area contributed by atoms with E-state index >= 15 is 0 Å². The van der Waals surface area contributed by atoms with Crippen molar-refractivity contribution < 1.29 is 23.9 Å². The molecule has 0 radical (unpaired) electrons. The van der Waals surface area contributed by atoms with Crippen LogP contribution in [0.3, 0.4) is 0 Å². The number of benzene rings is 1. The summed E-state index contributed by atoms with van der Waals surface area (Å²) in [5.74, 6) is -0.874. The molecule has 114 valence electrons. The molecule has 0 spiro atoms. The Bertz CT molecular complexity index is 486. The zero-order chi connectivity index (χ0) is 15.7. The highest BCUT2D eigenvalue weighted by molar-refractivity contribution is 5.89. The van der Waals surface area contributed by atoms with Crippen LogP contribution in [0.1, 0.15) is 25.8 Å². The highest BCUT2D eigenvalue weighted by Crippen LogP contribution is 2.02. The maximum atomic E-state index is 11.6. The third-order valence-electron chi connectivity index (χ3n) is 2.67. The summed E-state index contributed by atoms with van der Waals surface area (Å²) >= 11 is 0. The van der Waals surface area contributed by atoms with Crippen LogP contribution in [0.15, 0.2) is 30.3 Å². The molecule has 0 aliphatic rings. The number of hydrogen-bond acceptors (Lipinski definition) is 5. The first kappa shape index (κ1) is 16.7. The molecule has 1 aromatic rings. The van der Waals surface area contributed by atoms with Crippen LogP contribution in [0.25, 0.3) is 0 Å². The lowest BCUT2D eigenvalue weighted by Crippen LogP contribution is -2.41. The van der Waals surface area contributed by atoms with Gasteiger partial charge in [0.25, 0.3) is 0 Å². The van der Waals surface area contributed by atoms with Crippen LogP contribution in [-0.2, 0) is 25.7 Å². The second-order valence-corrected chi connectivity index (χ2v) is 4.38. The van der Waals surface area contributed by atoms with Gasteiger partial charge in [0.1, 0.15) is 12.6 Å². The molecule has 0 heterocycles. The smallest absolute Gasteiger partial charge is 0.408 e. The second kappa shape index (κ2) is 8.73. The molecule has 1 atom stereocenters. The van der Waals surface area contributed by atoms with Gasteiger partial charge in [0.05, 0.1) is 13.0 Å². The monoisotopic (exact) mass is 293 g/mol. The van der Waals surface area contributed by atoms with Crippen molar-refractivity contribution >= 4 is 17.8 Å². The fourth-order valence-electron chi connectivity index (χ4n) is 1.59. The van der Waals surface area contributed by atoms with E-state index in [9.17, 15) is 14.4 Å². The molecule has 1 amide bonds. The number of amides is 1. The summed E-state index contributed by atoms with van der Waals surface area (Å²) in [6.45, 7) is 3.28. The molecule has 1 N–H and O–H groups in total. The van der Waals surface area contributed by atoms with Crippen molar-refractivity contribution in [3.8, 4) is 0 Å². The molecule has 6 heteroatoms. The number of alkyl carbamates (subject to hydrolysis) is 1. The summed E-state index contributed by atoms with van der Waals surface area (Å²) in [6.07, 6.45) is -0.952. The number of hydrogen-bond donors (Lipinski definition) is 1. The summed E-state index contributed by atoms with van der Waals surface area (Å²) < 4.78 is 9.75. The lowest BCUT2D eigenvalue weighted by atomic mass is 10.1. The Morgan fingerprint density at radius 3 is 2.38 bits per heavy atom. The molecule has 1 rings (SSSR count). The minimum absolute atomic E-state index is 0.0940.